The molecule has 252 valence electrons. The lowest BCUT2D eigenvalue weighted by Gasteiger charge is -2.50. The van der Waals surface area contributed by atoms with Gasteiger partial charge in [-0.1, -0.05) is 29.8 Å². The summed E-state index contributed by atoms with van der Waals surface area (Å²) in [7, 11) is 0. The van der Waals surface area contributed by atoms with Gasteiger partial charge in [-0.25, -0.2) is 19.0 Å². The average Bonchev–Trinajstić information content (AvgIpc) is 3.42. The zero-order chi connectivity index (χ0) is 35.0. The summed E-state index contributed by atoms with van der Waals surface area (Å²) in [5, 5.41) is 29.2. The van der Waals surface area contributed by atoms with E-state index >= 15 is 0 Å². The number of anilines is 2. The molecule has 0 bridgehead atoms. The van der Waals surface area contributed by atoms with Crippen LogP contribution in [0.2, 0.25) is 0 Å². The second-order valence-electron chi connectivity index (χ2n) is 12.4. The summed E-state index contributed by atoms with van der Waals surface area (Å²) >= 11 is 14.8. The van der Waals surface area contributed by atoms with E-state index in [0.717, 1.165) is 34.1 Å². The number of aliphatic hydroxyl groups excluding tert-OH is 1. The van der Waals surface area contributed by atoms with E-state index in [2.05, 4.69) is 0 Å². The monoisotopic (exact) mass is 708 g/mol. The standard InChI is InChI=1S/C35H27Cl2FN2O9/c36-34-16-24-20(11-12-23-27(24)30(44)39(29(23)43)19-9-10-21(31(45)46)25(42)15-19)28(22-3-1-2-4-26(22)49-14-13-41)35(34,37)33(48)40(32(34)47)18-7-5-17(38)6-8-18/h1-11,15,23-24,27-28,41-42H,12-14,16H2,(H,45,46). The number of imide groups is 2. The van der Waals surface area contributed by atoms with Gasteiger partial charge in [-0.15, -0.1) is 23.2 Å². The number of alkyl halides is 2. The first-order chi connectivity index (χ1) is 23.3. The quantitative estimate of drug-likeness (QED) is 0.184. The van der Waals surface area contributed by atoms with Crippen LogP contribution in [0.3, 0.4) is 0 Å². The summed E-state index contributed by atoms with van der Waals surface area (Å²) in [6.07, 6.45) is 1.47. The van der Waals surface area contributed by atoms with Crippen molar-refractivity contribution < 1.29 is 48.4 Å². The molecule has 2 heterocycles. The van der Waals surface area contributed by atoms with Crippen LogP contribution in [0, 0.1) is 23.6 Å². The number of ether oxygens (including phenoxy) is 1. The summed E-state index contributed by atoms with van der Waals surface area (Å²) in [4.78, 5) is 65.9. The van der Waals surface area contributed by atoms with Crippen molar-refractivity contribution in [1.29, 1.82) is 0 Å². The minimum atomic E-state index is -2.18. The molecule has 3 N–H and O–H groups in total. The Kier molecular flexibility index (Phi) is 7.81. The molecule has 0 radical (unpaired) electrons. The van der Waals surface area contributed by atoms with Crippen LogP contribution in [0.1, 0.15) is 34.7 Å². The fourth-order valence-corrected chi connectivity index (χ4v) is 8.77. The van der Waals surface area contributed by atoms with Crippen molar-refractivity contribution in [2.75, 3.05) is 23.0 Å². The SMILES string of the molecule is O=C(O)c1ccc(N2C(=O)C3CC=C4C(CC5(Cl)C(=O)N(c6ccc(F)cc6)C(=O)C5(Cl)C4c4ccccc4OCCO)C3C2=O)cc1O. The van der Waals surface area contributed by atoms with Gasteiger partial charge in [0.2, 0.25) is 11.8 Å². The second kappa shape index (κ2) is 11.7. The number of para-hydroxylation sites is 1. The number of rotatable bonds is 7. The van der Waals surface area contributed by atoms with Gasteiger partial charge in [0.15, 0.2) is 9.75 Å². The number of carboxylic acid groups (broad SMARTS) is 1. The second-order valence-corrected chi connectivity index (χ2v) is 13.6. The topological polar surface area (TPSA) is 162 Å². The van der Waals surface area contributed by atoms with Gasteiger partial charge in [0.25, 0.3) is 11.8 Å². The number of fused-ring (bicyclic) bond motifs is 4. The van der Waals surface area contributed by atoms with Gasteiger partial charge in [-0.05, 0) is 61.2 Å². The number of amides is 4. The molecule has 4 aliphatic rings. The number of aliphatic hydroxyl groups is 1. The number of phenols is 1. The molecule has 0 spiro atoms. The molecular weight excluding hydrogens is 682 g/mol. The highest BCUT2D eigenvalue weighted by Crippen LogP contribution is 2.66. The minimum Gasteiger partial charge on any atom is -0.507 e. The average molecular weight is 710 g/mol. The highest BCUT2D eigenvalue weighted by molar-refractivity contribution is 6.58. The number of hydrogen-bond donors (Lipinski definition) is 3. The molecule has 4 amide bonds. The van der Waals surface area contributed by atoms with Crippen molar-refractivity contribution in [2.24, 2.45) is 17.8 Å². The third kappa shape index (κ3) is 4.61. The summed E-state index contributed by atoms with van der Waals surface area (Å²) in [5.41, 5.74) is 0.425. The van der Waals surface area contributed by atoms with Crippen LogP contribution in [0.5, 0.6) is 11.5 Å². The molecule has 7 rings (SSSR count). The van der Waals surface area contributed by atoms with E-state index in [4.69, 9.17) is 27.9 Å². The van der Waals surface area contributed by atoms with Crippen LogP contribution in [0.15, 0.2) is 78.4 Å². The molecule has 2 saturated heterocycles. The molecule has 6 atom stereocenters. The van der Waals surface area contributed by atoms with Gasteiger partial charge in [-0.3, -0.25) is 19.2 Å². The number of aromatic carboxylic acids is 1. The van der Waals surface area contributed by atoms with Crippen molar-refractivity contribution >= 4 is 64.2 Å². The number of allylic oxidation sites excluding steroid dienone is 2. The van der Waals surface area contributed by atoms with Gasteiger partial charge >= 0.3 is 5.97 Å². The molecule has 2 aliphatic carbocycles. The lowest BCUT2D eigenvalue weighted by Crippen LogP contribution is -2.60. The predicted octanol–water partition coefficient (Wildman–Crippen LogP) is 4.37. The first kappa shape index (κ1) is 32.8. The van der Waals surface area contributed by atoms with Gasteiger partial charge in [0.1, 0.15) is 29.5 Å². The number of aromatic hydroxyl groups is 1. The third-order valence-corrected chi connectivity index (χ3v) is 11.4. The Morgan fingerprint density at radius 3 is 2.29 bits per heavy atom. The number of halogens is 3. The van der Waals surface area contributed by atoms with Crippen LogP contribution in [-0.4, -0.2) is 67.9 Å². The molecule has 6 unspecified atom stereocenters. The van der Waals surface area contributed by atoms with Gasteiger partial charge < -0.3 is 20.1 Å². The zero-order valence-electron chi connectivity index (χ0n) is 25.4. The number of carbonyl (C=O) groups is 5. The van der Waals surface area contributed by atoms with Crippen LogP contribution in [0.4, 0.5) is 15.8 Å². The zero-order valence-corrected chi connectivity index (χ0v) is 26.9. The fraction of sp³-hybridized carbons (Fsp3) is 0.286. The first-order valence-corrected chi connectivity index (χ1v) is 16.1. The number of carbonyl (C=O) groups excluding carboxylic acids is 4. The maximum atomic E-state index is 14.5. The molecule has 14 heteroatoms. The Balaban J connectivity index is 1.38. The van der Waals surface area contributed by atoms with Crippen molar-refractivity contribution in [1.82, 2.24) is 0 Å². The number of hydrogen-bond acceptors (Lipinski definition) is 8. The van der Waals surface area contributed by atoms with Crippen LogP contribution < -0.4 is 14.5 Å². The van der Waals surface area contributed by atoms with Crippen LogP contribution in [-0.2, 0) is 19.2 Å². The Hall–Kier alpha value is -4.78. The van der Waals surface area contributed by atoms with Crippen molar-refractivity contribution in [2.45, 2.75) is 28.5 Å². The normalized spacial score (nSPS) is 29.0. The summed E-state index contributed by atoms with van der Waals surface area (Å²) in [6, 6.07) is 14.6. The van der Waals surface area contributed by atoms with E-state index in [1.54, 1.807) is 30.3 Å². The molecule has 3 fully saturated rings. The summed E-state index contributed by atoms with van der Waals surface area (Å²) in [5.74, 6) is -9.44. The number of nitrogens with zero attached hydrogens (tertiary/aromatic N) is 2. The first-order valence-electron chi connectivity index (χ1n) is 15.3. The van der Waals surface area contributed by atoms with Crippen molar-refractivity contribution in [3.63, 3.8) is 0 Å². The smallest absolute Gasteiger partial charge is 0.339 e. The summed E-state index contributed by atoms with van der Waals surface area (Å²) in [6.45, 7) is -0.437. The Bertz CT molecular complexity index is 1990. The molecule has 49 heavy (non-hydrogen) atoms. The van der Waals surface area contributed by atoms with E-state index < -0.39 is 80.1 Å². The maximum Gasteiger partial charge on any atom is 0.339 e. The Morgan fingerprint density at radius 2 is 1.61 bits per heavy atom. The highest BCUT2D eigenvalue weighted by Gasteiger charge is 2.77. The number of benzene rings is 3. The molecule has 11 nitrogen and oxygen atoms in total. The molecule has 1 saturated carbocycles. The maximum absolute atomic E-state index is 14.5. The third-order valence-electron chi connectivity index (χ3n) is 9.94. The Labute approximate surface area is 288 Å². The lowest BCUT2D eigenvalue weighted by atomic mass is 9.56. The van der Waals surface area contributed by atoms with E-state index in [-0.39, 0.29) is 43.2 Å². The van der Waals surface area contributed by atoms with E-state index in [9.17, 15) is 43.7 Å². The highest BCUT2D eigenvalue weighted by atomic mass is 35.5. The molecule has 3 aromatic carbocycles. The van der Waals surface area contributed by atoms with E-state index in [1.807, 2.05) is 0 Å². The van der Waals surface area contributed by atoms with Crippen molar-refractivity contribution in [3.05, 3.63) is 95.3 Å². The summed E-state index contributed by atoms with van der Waals surface area (Å²) < 4.78 is 19.7. The molecular formula is C35H27Cl2FN2O9. The van der Waals surface area contributed by atoms with Gasteiger partial charge in [0.05, 0.1) is 29.8 Å². The van der Waals surface area contributed by atoms with Crippen LogP contribution in [0.25, 0.3) is 0 Å². The fourth-order valence-electron chi connectivity index (χ4n) is 7.84. The van der Waals surface area contributed by atoms with Gasteiger partial charge in [0, 0.05) is 17.5 Å². The lowest BCUT2D eigenvalue weighted by molar-refractivity contribution is -0.125. The van der Waals surface area contributed by atoms with E-state index in [0.29, 0.717) is 11.1 Å². The van der Waals surface area contributed by atoms with Crippen molar-refractivity contribution in [3.8, 4) is 11.5 Å². The molecule has 3 aromatic rings. The largest absolute Gasteiger partial charge is 0.507 e. The molecule has 0 aromatic heterocycles. The van der Waals surface area contributed by atoms with Crippen LogP contribution >= 0.6 is 23.2 Å². The minimum absolute atomic E-state index is 0.0344. The predicted molar refractivity (Wildman–Crippen MR) is 173 cm³/mol. The Morgan fingerprint density at radius 1 is 0.918 bits per heavy atom. The van der Waals surface area contributed by atoms with Gasteiger partial charge in [-0.2, -0.15) is 0 Å². The molecule has 2 aliphatic heterocycles. The number of carboxylic acids is 1. The van der Waals surface area contributed by atoms with E-state index in [1.165, 1.54) is 18.2 Å².